The highest BCUT2D eigenvalue weighted by Gasteiger charge is 2.37. The Labute approximate surface area is 240 Å². The molecule has 0 radical (unpaired) electrons. The summed E-state index contributed by atoms with van der Waals surface area (Å²) in [6.07, 6.45) is -0.228. The van der Waals surface area contributed by atoms with Gasteiger partial charge >= 0.3 is 5.97 Å². The summed E-state index contributed by atoms with van der Waals surface area (Å²) >= 11 is 0. The molecule has 3 aromatic carbocycles. The molecule has 3 aromatic rings. The number of aryl methyl sites for hydroxylation is 1. The van der Waals surface area contributed by atoms with E-state index in [1.54, 1.807) is 45.6 Å². The number of carbonyl (C=O) groups excluding carboxylic acids is 1. The third-order valence-electron chi connectivity index (χ3n) is 7.85. The Balaban J connectivity index is 1.63. The van der Waals surface area contributed by atoms with Crippen molar-refractivity contribution in [3.05, 3.63) is 76.3 Å². The molecule has 4 atom stereocenters. The second kappa shape index (κ2) is 13.1. The first kappa shape index (κ1) is 30.0. The van der Waals surface area contributed by atoms with E-state index in [0.29, 0.717) is 46.8 Å². The first-order valence-corrected chi connectivity index (χ1v) is 13.4. The number of aromatic hydroxyl groups is 1. The van der Waals surface area contributed by atoms with Crippen LogP contribution in [-0.4, -0.2) is 62.9 Å². The van der Waals surface area contributed by atoms with E-state index in [9.17, 15) is 20.1 Å². The number of rotatable bonds is 12. The van der Waals surface area contributed by atoms with Crippen LogP contribution in [0.4, 0.5) is 0 Å². The number of esters is 1. The molecule has 1 heterocycles. The van der Waals surface area contributed by atoms with E-state index in [0.717, 1.165) is 11.1 Å². The smallest absolute Gasteiger partial charge is 0.309 e. The van der Waals surface area contributed by atoms with Gasteiger partial charge in [-0.15, -0.1) is 0 Å². The summed E-state index contributed by atoms with van der Waals surface area (Å²) < 4.78 is 27.1. The van der Waals surface area contributed by atoms with Crippen molar-refractivity contribution < 1.29 is 43.8 Å². The zero-order valence-electron chi connectivity index (χ0n) is 24.0. The maximum atomic E-state index is 12.8. The monoisotopic (exact) mass is 566 g/mol. The highest BCUT2D eigenvalue weighted by atomic mass is 16.5. The number of benzene rings is 3. The van der Waals surface area contributed by atoms with Crippen LogP contribution in [-0.2, 0) is 22.4 Å². The predicted molar refractivity (Wildman–Crippen MR) is 152 cm³/mol. The highest BCUT2D eigenvalue weighted by Crippen LogP contribution is 2.43. The molecular weight excluding hydrogens is 528 g/mol. The molecule has 0 aromatic heterocycles. The summed E-state index contributed by atoms with van der Waals surface area (Å²) in [5.41, 5.74) is 3.45. The van der Waals surface area contributed by atoms with Gasteiger partial charge in [0.1, 0.15) is 5.75 Å². The minimum Gasteiger partial charge on any atom is -0.504 e. The van der Waals surface area contributed by atoms with Gasteiger partial charge in [-0.1, -0.05) is 24.3 Å². The van der Waals surface area contributed by atoms with Gasteiger partial charge < -0.3 is 39.0 Å². The van der Waals surface area contributed by atoms with Crippen molar-refractivity contribution >= 4 is 5.97 Å². The SMILES string of the molecule is COc1cc(C(O)C(CO)c2cc(CC3C(=O)OCC3Cc3ccc(OC)c(OC)c3)cc(OC)c2O)ccc1C. The van der Waals surface area contributed by atoms with Gasteiger partial charge in [-0.05, 0) is 66.3 Å². The fourth-order valence-corrected chi connectivity index (χ4v) is 5.49. The first-order valence-electron chi connectivity index (χ1n) is 13.4. The molecule has 9 heteroatoms. The summed E-state index contributed by atoms with van der Waals surface area (Å²) in [4.78, 5) is 12.8. The summed E-state index contributed by atoms with van der Waals surface area (Å²) in [6, 6.07) is 14.4. The van der Waals surface area contributed by atoms with Gasteiger partial charge in [-0.25, -0.2) is 0 Å². The minimum atomic E-state index is -1.14. The number of carbonyl (C=O) groups is 1. The summed E-state index contributed by atoms with van der Waals surface area (Å²) in [5.74, 6) is 0.154. The third kappa shape index (κ3) is 6.36. The fourth-order valence-electron chi connectivity index (χ4n) is 5.49. The molecule has 4 rings (SSSR count). The second-order valence-corrected chi connectivity index (χ2v) is 10.3. The van der Waals surface area contributed by atoms with Crippen molar-refractivity contribution in [2.24, 2.45) is 11.8 Å². The quantitative estimate of drug-likeness (QED) is 0.278. The topological polar surface area (TPSA) is 124 Å². The molecule has 220 valence electrons. The van der Waals surface area contributed by atoms with Gasteiger partial charge in [-0.2, -0.15) is 0 Å². The van der Waals surface area contributed by atoms with Crippen LogP contribution in [0.2, 0.25) is 0 Å². The Hall–Kier alpha value is -3.95. The number of aliphatic hydroxyl groups excluding tert-OH is 2. The Kier molecular flexibility index (Phi) is 9.62. The standard InChI is InChI=1S/C32H38O9/c1-18-6-8-21(15-27(18)38-3)30(34)25(16-33)24-12-20(14-29(40-5)31(24)35)11-23-22(17-41-32(23)36)10-19-7-9-26(37-2)28(13-19)39-4/h6-9,12-15,22-23,25,30,33-35H,10-11,16-17H2,1-5H3. The van der Waals surface area contributed by atoms with Crippen molar-refractivity contribution in [1.29, 1.82) is 0 Å². The van der Waals surface area contributed by atoms with Crippen molar-refractivity contribution in [3.8, 4) is 28.7 Å². The van der Waals surface area contributed by atoms with Crippen LogP contribution in [0.3, 0.4) is 0 Å². The molecule has 41 heavy (non-hydrogen) atoms. The Bertz CT molecular complexity index is 1370. The normalized spacial score (nSPS) is 18.0. The minimum absolute atomic E-state index is 0.0944. The van der Waals surface area contributed by atoms with E-state index >= 15 is 0 Å². The van der Waals surface area contributed by atoms with E-state index in [1.807, 2.05) is 31.2 Å². The maximum Gasteiger partial charge on any atom is 0.309 e. The van der Waals surface area contributed by atoms with Gasteiger partial charge in [0.25, 0.3) is 0 Å². The van der Waals surface area contributed by atoms with Crippen LogP contribution < -0.4 is 18.9 Å². The number of hydrogen-bond donors (Lipinski definition) is 3. The lowest BCUT2D eigenvalue weighted by Gasteiger charge is -2.25. The number of hydrogen-bond acceptors (Lipinski definition) is 9. The average Bonchev–Trinajstić information content (AvgIpc) is 3.32. The van der Waals surface area contributed by atoms with Crippen LogP contribution in [0.5, 0.6) is 28.7 Å². The molecule has 1 fully saturated rings. The Morgan fingerprint density at radius 1 is 0.854 bits per heavy atom. The van der Waals surface area contributed by atoms with Crippen molar-refractivity contribution in [1.82, 2.24) is 0 Å². The number of aliphatic hydroxyl groups is 2. The summed E-state index contributed by atoms with van der Waals surface area (Å²) in [6.45, 7) is 1.74. The highest BCUT2D eigenvalue weighted by molar-refractivity contribution is 5.75. The van der Waals surface area contributed by atoms with Crippen molar-refractivity contribution in [2.75, 3.05) is 41.7 Å². The van der Waals surface area contributed by atoms with E-state index in [1.165, 1.54) is 7.11 Å². The lowest BCUT2D eigenvalue weighted by Crippen LogP contribution is -2.21. The molecule has 0 amide bonds. The number of phenolic OH excluding ortho intramolecular Hbond substituents is 1. The van der Waals surface area contributed by atoms with Crippen LogP contribution in [0.25, 0.3) is 0 Å². The zero-order chi connectivity index (χ0) is 29.7. The average molecular weight is 567 g/mol. The number of ether oxygens (including phenoxy) is 5. The predicted octanol–water partition coefficient (Wildman–Crippen LogP) is 4.12. The molecule has 0 aliphatic carbocycles. The number of phenols is 1. The van der Waals surface area contributed by atoms with Crippen LogP contribution in [0.15, 0.2) is 48.5 Å². The van der Waals surface area contributed by atoms with Crippen molar-refractivity contribution in [2.45, 2.75) is 31.8 Å². The van der Waals surface area contributed by atoms with Crippen LogP contribution >= 0.6 is 0 Å². The largest absolute Gasteiger partial charge is 0.504 e. The molecule has 4 unspecified atom stereocenters. The van der Waals surface area contributed by atoms with Crippen molar-refractivity contribution in [3.63, 3.8) is 0 Å². The molecule has 1 aliphatic rings. The third-order valence-corrected chi connectivity index (χ3v) is 7.85. The van der Waals surface area contributed by atoms with Gasteiger partial charge in [-0.3, -0.25) is 4.79 Å². The molecule has 0 saturated carbocycles. The second-order valence-electron chi connectivity index (χ2n) is 10.3. The molecule has 1 aliphatic heterocycles. The summed E-state index contributed by atoms with van der Waals surface area (Å²) in [7, 11) is 6.14. The van der Waals surface area contributed by atoms with Crippen LogP contribution in [0, 0.1) is 18.8 Å². The van der Waals surface area contributed by atoms with Gasteiger partial charge in [0.2, 0.25) is 0 Å². The van der Waals surface area contributed by atoms with E-state index in [2.05, 4.69) is 0 Å². The van der Waals surface area contributed by atoms with Gasteiger partial charge in [0.05, 0.1) is 53.7 Å². The molecule has 1 saturated heterocycles. The Morgan fingerprint density at radius 2 is 1.54 bits per heavy atom. The van der Waals surface area contributed by atoms with Crippen LogP contribution in [0.1, 0.15) is 39.8 Å². The van der Waals surface area contributed by atoms with E-state index < -0.39 is 24.5 Å². The number of methoxy groups -OCH3 is 4. The lowest BCUT2D eigenvalue weighted by molar-refractivity contribution is -0.141. The fraction of sp³-hybridized carbons (Fsp3) is 0.406. The summed E-state index contributed by atoms with van der Waals surface area (Å²) in [5, 5.41) is 32.6. The number of cyclic esters (lactones) is 1. The molecular formula is C32H38O9. The maximum absolute atomic E-state index is 12.8. The van der Waals surface area contributed by atoms with E-state index in [4.69, 9.17) is 23.7 Å². The van der Waals surface area contributed by atoms with Gasteiger partial charge in [0.15, 0.2) is 23.0 Å². The molecule has 0 bridgehead atoms. The molecule has 9 nitrogen and oxygen atoms in total. The Morgan fingerprint density at radius 3 is 2.20 bits per heavy atom. The zero-order valence-corrected chi connectivity index (χ0v) is 24.0. The molecule has 0 spiro atoms. The van der Waals surface area contributed by atoms with Gasteiger partial charge in [0, 0.05) is 17.4 Å². The molecule has 3 N–H and O–H groups in total. The lowest BCUT2D eigenvalue weighted by atomic mass is 9.83. The first-order chi connectivity index (χ1) is 19.7. The van der Waals surface area contributed by atoms with E-state index in [-0.39, 0.29) is 30.0 Å².